The van der Waals surface area contributed by atoms with E-state index in [0.717, 1.165) is 32.4 Å². The molecule has 0 aliphatic heterocycles. The van der Waals surface area contributed by atoms with Crippen LogP contribution in [0, 0.1) is 5.82 Å². The molecule has 0 aromatic heterocycles. The Hall–Kier alpha value is -1.09. The molecule has 0 atom stereocenters. The van der Waals surface area contributed by atoms with E-state index in [0.29, 0.717) is 12.2 Å². The van der Waals surface area contributed by atoms with Gasteiger partial charge in [-0.1, -0.05) is 25.5 Å². The predicted molar refractivity (Wildman–Crippen MR) is 67.2 cm³/mol. The lowest BCUT2D eigenvalue weighted by molar-refractivity contribution is 0.607. The van der Waals surface area contributed by atoms with E-state index >= 15 is 0 Å². The topological polar surface area (TPSA) is 29.3 Å². The highest BCUT2D eigenvalue weighted by atomic mass is 19.1. The van der Waals surface area contributed by atoms with E-state index in [2.05, 4.69) is 11.8 Å². The summed E-state index contributed by atoms with van der Waals surface area (Å²) in [5, 5.41) is 0. The van der Waals surface area contributed by atoms with Gasteiger partial charge in [-0.3, -0.25) is 0 Å². The largest absolute Gasteiger partial charge is 0.369 e. The quantitative estimate of drug-likeness (QED) is 0.771. The summed E-state index contributed by atoms with van der Waals surface area (Å²) < 4.78 is 13.6. The van der Waals surface area contributed by atoms with Gasteiger partial charge in [0.25, 0.3) is 0 Å². The van der Waals surface area contributed by atoms with Crippen molar-refractivity contribution in [3.05, 3.63) is 30.1 Å². The van der Waals surface area contributed by atoms with Gasteiger partial charge in [0, 0.05) is 13.1 Å². The molecule has 0 fully saturated rings. The molecule has 2 nitrogen and oxygen atoms in total. The Morgan fingerprint density at radius 1 is 1.19 bits per heavy atom. The SMILES string of the molecule is CCCCN(CCCN)c1ccccc1F. The second-order valence-corrected chi connectivity index (χ2v) is 3.93. The number of nitrogens with two attached hydrogens (primary N) is 1. The maximum absolute atomic E-state index is 13.6. The van der Waals surface area contributed by atoms with Crippen molar-refractivity contribution < 1.29 is 4.39 Å². The summed E-state index contributed by atoms with van der Waals surface area (Å²) in [6.45, 7) is 4.52. The second-order valence-electron chi connectivity index (χ2n) is 3.93. The van der Waals surface area contributed by atoms with E-state index in [-0.39, 0.29) is 5.82 Å². The summed E-state index contributed by atoms with van der Waals surface area (Å²) in [6.07, 6.45) is 3.10. The number of unbranched alkanes of at least 4 members (excludes halogenated alkanes) is 1. The minimum Gasteiger partial charge on any atom is -0.369 e. The molecule has 16 heavy (non-hydrogen) atoms. The molecular formula is C13H21FN2. The number of nitrogens with zero attached hydrogens (tertiary/aromatic N) is 1. The monoisotopic (exact) mass is 224 g/mol. The summed E-state index contributed by atoms with van der Waals surface area (Å²) in [5.41, 5.74) is 6.20. The zero-order valence-electron chi connectivity index (χ0n) is 9.95. The number of rotatable bonds is 7. The molecule has 0 spiro atoms. The molecule has 0 heterocycles. The van der Waals surface area contributed by atoms with Crippen molar-refractivity contribution in [3.63, 3.8) is 0 Å². The van der Waals surface area contributed by atoms with Gasteiger partial charge in [0.05, 0.1) is 5.69 Å². The fraction of sp³-hybridized carbons (Fsp3) is 0.538. The minimum atomic E-state index is -0.143. The van der Waals surface area contributed by atoms with Gasteiger partial charge >= 0.3 is 0 Å². The van der Waals surface area contributed by atoms with E-state index in [1.807, 2.05) is 12.1 Å². The van der Waals surface area contributed by atoms with Crippen LogP contribution in [0.15, 0.2) is 24.3 Å². The predicted octanol–water partition coefficient (Wildman–Crippen LogP) is 2.78. The van der Waals surface area contributed by atoms with Gasteiger partial charge in [0.2, 0.25) is 0 Å². The molecule has 1 aromatic carbocycles. The summed E-state index contributed by atoms with van der Waals surface area (Å²) >= 11 is 0. The third-order valence-electron chi connectivity index (χ3n) is 2.61. The van der Waals surface area contributed by atoms with Crippen LogP contribution in [0.2, 0.25) is 0 Å². The van der Waals surface area contributed by atoms with Crippen molar-refractivity contribution >= 4 is 5.69 Å². The highest BCUT2D eigenvalue weighted by Gasteiger charge is 2.09. The molecule has 90 valence electrons. The smallest absolute Gasteiger partial charge is 0.146 e. The lowest BCUT2D eigenvalue weighted by Gasteiger charge is -2.24. The first-order valence-corrected chi connectivity index (χ1v) is 5.99. The van der Waals surface area contributed by atoms with Gasteiger partial charge in [-0.25, -0.2) is 4.39 Å². The second kappa shape index (κ2) is 7.23. The van der Waals surface area contributed by atoms with Crippen LogP contribution < -0.4 is 10.6 Å². The molecule has 0 saturated carbocycles. The van der Waals surface area contributed by atoms with Crippen LogP contribution >= 0.6 is 0 Å². The van der Waals surface area contributed by atoms with Crippen molar-refractivity contribution in [2.24, 2.45) is 5.73 Å². The van der Waals surface area contributed by atoms with Crippen LogP contribution in [0.1, 0.15) is 26.2 Å². The Balaban J connectivity index is 2.70. The van der Waals surface area contributed by atoms with Gasteiger partial charge in [-0.05, 0) is 31.5 Å². The van der Waals surface area contributed by atoms with E-state index in [4.69, 9.17) is 5.73 Å². The molecule has 0 unspecified atom stereocenters. The lowest BCUT2D eigenvalue weighted by atomic mass is 10.2. The zero-order valence-corrected chi connectivity index (χ0v) is 9.95. The molecule has 1 aromatic rings. The van der Waals surface area contributed by atoms with Gasteiger partial charge in [0.1, 0.15) is 5.82 Å². The first kappa shape index (κ1) is 13.0. The van der Waals surface area contributed by atoms with Crippen molar-refractivity contribution in [1.82, 2.24) is 0 Å². The fourth-order valence-corrected chi connectivity index (χ4v) is 1.69. The van der Waals surface area contributed by atoms with Crippen molar-refractivity contribution in [3.8, 4) is 0 Å². The molecule has 0 aliphatic carbocycles. The first-order valence-electron chi connectivity index (χ1n) is 5.99. The third kappa shape index (κ3) is 3.81. The van der Waals surface area contributed by atoms with Gasteiger partial charge < -0.3 is 10.6 Å². The first-order chi connectivity index (χ1) is 7.79. The summed E-state index contributed by atoms with van der Waals surface area (Å²) in [6, 6.07) is 6.94. The van der Waals surface area contributed by atoms with Crippen molar-refractivity contribution in [2.45, 2.75) is 26.2 Å². The minimum absolute atomic E-state index is 0.143. The van der Waals surface area contributed by atoms with E-state index in [1.54, 1.807) is 6.07 Å². The van der Waals surface area contributed by atoms with Gasteiger partial charge in [-0.2, -0.15) is 0 Å². The number of halogens is 1. The Kier molecular flexibility index (Phi) is 5.86. The van der Waals surface area contributed by atoms with E-state index in [1.165, 1.54) is 6.07 Å². The Bertz CT molecular complexity index is 294. The summed E-state index contributed by atoms with van der Waals surface area (Å²) in [7, 11) is 0. The molecule has 2 N–H and O–H groups in total. The van der Waals surface area contributed by atoms with Gasteiger partial charge in [0.15, 0.2) is 0 Å². The fourth-order valence-electron chi connectivity index (χ4n) is 1.69. The number of hydrogen-bond donors (Lipinski definition) is 1. The van der Waals surface area contributed by atoms with Crippen molar-refractivity contribution in [1.29, 1.82) is 0 Å². The lowest BCUT2D eigenvalue weighted by Crippen LogP contribution is -2.28. The molecule has 0 saturated heterocycles. The van der Waals surface area contributed by atoms with E-state index in [9.17, 15) is 4.39 Å². The zero-order chi connectivity index (χ0) is 11.8. The van der Waals surface area contributed by atoms with Crippen LogP contribution in [-0.4, -0.2) is 19.6 Å². The highest BCUT2D eigenvalue weighted by Crippen LogP contribution is 2.19. The molecule has 0 bridgehead atoms. The van der Waals surface area contributed by atoms with Crippen LogP contribution in [0.25, 0.3) is 0 Å². The summed E-state index contributed by atoms with van der Waals surface area (Å²) in [4.78, 5) is 2.09. The van der Waals surface area contributed by atoms with Crippen LogP contribution in [0.5, 0.6) is 0 Å². The van der Waals surface area contributed by atoms with Crippen LogP contribution in [-0.2, 0) is 0 Å². The average molecular weight is 224 g/mol. The Labute approximate surface area is 97.3 Å². The Morgan fingerprint density at radius 2 is 1.88 bits per heavy atom. The van der Waals surface area contributed by atoms with Gasteiger partial charge in [-0.15, -0.1) is 0 Å². The molecule has 0 aliphatic rings. The number of hydrogen-bond acceptors (Lipinski definition) is 2. The maximum Gasteiger partial charge on any atom is 0.146 e. The number of benzene rings is 1. The molecule has 0 radical (unpaired) electrons. The average Bonchev–Trinajstić information content (AvgIpc) is 2.31. The molecule has 0 amide bonds. The maximum atomic E-state index is 13.6. The van der Waals surface area contributed by atoms with Crippen LogP contribution in [0.3, 0.4) is 0 Å². The standard InChI is InChI=1S/C13H21FN2/c1-2-3-10-16(11-6-9-15)13-8-5-4-7-12(13)14/h4-5,7-8H,2-3,6,9-11,15H2,1H3. The Morgan fingerprint density at radius 3 is 2.50 bits per heavy atom. The molecule has 3 heteroatoms. The number of anilines is 1. The van der Waals surface area contributed by atoms with Crippen molar-refractivity contribution in [2.75, 3.05) is 24.5 Å². The molecular weight excluding hydrogens is 203 g/mol. The third-order valence-corrected chi connectivity index (χ3v) is 2.61. The highest BCUT2D eigenvalue weighted by molar-refractivity contribution is 5.47. The number of para-hydroxylation sites is 1. The van der Waals surface area contributed by atoms with Crippen LogP contribution in [0.4, 0.5) is 10.1 Å². The normalized spacial score (nSPS) is 10.4. The van der Waals surface area contributed by atoms with E-state index < -0.39 is 0 Å². The molecule has 1 rings (SSSR count). The summed E-state index contributed by atoms with van der Waals surface area (Å²) in [5.74, 6) is -0.143.